The van der Waals surface area contributed by atoms with Crippen LogP contribution < -0.4 is 0 Å². The molecule has 0 fully saturated rings. The molecule has 2 aromatic carbocycles. The summed E-state index contributed by atoms with van der Waals surface area (Å²) in [5.41, 5.74) is 5.61. The van der Waals surface area contributed by atoms with E-state index in [4.69, 9.17) is 0 Å². The maximum atomic E-state index is 2.41. The number of rotatable bonds is 3. The highest BCUT2D eigenvalue weighted by molar-refractivity contribution is 7.98. The summed E-state index contributed by atoms with van der Waals surface area (Å²) in [5, 5.41) is 0. The van der Waals surface area contributed by atoms with Crippen LogP contribution in [0.15, 0.2) is 59.5 Å². The Kier molecular flexibility index (Phi) is 6.13. The van der Waals surface area contributed by atoms with Crippen LogP contribution in [0.25, 0.3) is 5.57 Å². The van der Waals surface area contributed by atoms with E-state index in [9.17, 15) is 0 Å². The Morgan fingerprint density at radius 2 is 1.68 bits per heavy atom. The lowest BCUT2D eigenvalue weighted by molar-refractivity contribution is 0.417. The predicted octanol–water partition coefficient (Wildman–Crippen LogP) is 5.10. The van der Waals surface area contributed by atoms with E-state index >= 15 is 0 Å². The molecule has 0 unspecified atom stereocenters. The van der Waals surface area contributed by atoms with Gasteiger partial charge >= 0.3 is 0 Å². The molecule has 1 aliphatic heterocycles. The normalized spacial score (nSPS) is 15.0. The molecule has 1 aliphatic rings. The second-order valence-electron chi connectivity index (χ2n) is 5.65. The largest absolute Gasteiger partial charge is 0.309 e. The lowest BCUT2D eigenvalue weighted by Gasteiger charge is -2.12. The van der Waals surface area contributed by atoms with Gasteiger partial charge in [0.05, 0.1) is 0 Å². The Morgan fingerprint density at radius 1 is 1.00 bits per heavy atom. The molecule has 0 saturated carbocycles. The summed E-state index contributed by atoms with van der Waals surface area (Å²) in [6.07, 6.45) is 3.49. The first-order valence-corrected chi connectivity index (χ1v) is 8.39. The fraction of sp³-hybridized carbons (Fsp3) is 0.263. The first-order chi connectivity index (χ1) is 10.3. The maximum Gasteiger partial charge on any atom is 0.0238 e. The molecule has 116 valence electrons. The monoisotopic (exact) mass is 331 g/mol. The van der Waals surface area contributed by atoms with E-state index in [0.29, 0.717) is 0 Å². The summed E-state index contributed by atoms with van der Waals surface area (Å²) < 4.78 is 0. The van der Waals surface area contributed by atoms with E-state index in [1.807, 2.05) is 11.8 Å². The number of hydrogen-bond donors (Lipinski definition) is 0. The molecule has 3 rings (SSSR count). The predicted molar refractivity (Wildman–Crippen MR) is 99.9 cm³/mol. The lowest BCUT2D eigenvalue weighted by Crippen LogP contribution is -2.12. The van der Waals surface area contributed by atoms with Crippen molar-refractivity contribution in [1.82, 2.24) is 4.90 Å². The SMILES string of the molecule is CN(C)CC/C=C1/c2ccccc2CSc2ccccc21.Cl. The molecule has 1 heterocycles. The van der Waals surface area contributed by atoms with Crippen molar-refractivity contribution in [3.8, 4) is 0 Å². The zero-order valence-corrected chi connectivity index (χ0v) is 14.7. The first kappa shape index (κ1) is 17.1. The standard InChI is InChI=1S/C19H21NS.ClH/c1-20(2)13-7-11-17-16-9-4-3-8-15(16)14-21-19-12-6-5-10-18(17)19;/h3-6,8-12H,7,13-14H2,1-2H3;1H/b17-11-;. The van der Waals surface area contributed by atoms with Gasteiger partial charge in [-0.15, -0.1) is 24.2 Å². The molecular formula is C19H22ClNS. The lowest BCUT2D eigenvalue weighted by atomic mass is 9.93. The number of thioether (sulfide) groups is 1. The number of benzene rings is 2. The number of halogens is 1. The van der Waals surface area contributed by atoms with Crippen molar-refractivity contribution in [1.29, 1.82) is 0 Å². The zero-order valence-electron chi connectivity index (χ0n) is 13.1. The molecule has 0 amide bonds. The van der Waals surface area contributed by atoms with Crippen LogP contribution in [0.2, 0.25) is 0 Å². The molecule has 0 bridgehead atoms. The molecule has 0 aromatic heterocycles. The molecular weight excluding hydrogens is 310 g/mol. The van der Waals surface area contributed by atoms with Crippen molar-refractivity contribution >= 4 is 29.7 Å². The van der Waals surface area contributed by atoms with Crippen LogP contribution >= 0.6 is 24.2 Å². The third kappa shape index (κ3) is 3.75. The van der Waals surface area contributed by atoms with Crippen molar-refractivity contribution < 1.29 is 0 Å². The van der Waals surface area contributed by atoms with Crippen molar-refractivity contribution in [3.05, 3.63) is 71.3 Å². The molecule has 3 heteroatoms. The molecule has 0 saturated heterocycles. The second-order valence-corrected chi connectivity index (χ2v) is 6.67. The van der Waals surface area contributed by atoms with Gasteiger partial charge in [-0.1, -0.05) is 48.5 Å². The Labute approximate surface area is 143 Å². The number of nitrogens with zero attached hydrogens (tertiary/aromatic N) is 1. The highest BCUT2D eigenvalue weighted by Crippen LogP contribution is 2.39. The minimum atomic E-state index is 0. The average Bonchev–Trinajstić information content (AvgIpc) is 2.65. The Bertz CT molecular complexity index is 614. The summed E-state index contributed by atoms with van der Waals surface area (Å²) >= 11 is 1.94. The van der Waals surface area contributed by atoms with Crippen LogP contribution in [0.1, 0.15) is 23.1 Å². The van der Waals surface area contributed by atoms with Crippen LogP contribution in [0.4, 0.5) is 0 Å². The minimum Gasteiger partial charge on any atom is -0.309 e. The zero-order chi connectivity index (χ0) is 14.7. The molecule has 0 radical (unpaired) electrons. The Morgan fingerprint density at radius 3 is 2.45 bits per heavy atom. The van der Waals surface area contributed by atoms with Gasteiger partial charge < -0.3 is 4.90 Å². The molecule has 0 atom stereocenters. The molecule has 1 nitrogen and oxygen atoms in total. The summed E-state index contributed by atoms with van der Waals surface area (Å²) in [5.74, 6) is 1.05. The van der Waals surface area contributed by atoms with Gasteiger partial charge in [-0.25, -0.2) is 0 Å². The summed E-state index contributed by atoms with van der Waals surface area (Å²) in [4.78, 5) is 3.63. The van der Waals surface area contributed by atoms with Crippen molar-refractivity contribution in [3.63, 3.8) is 0 Å². The van der Waals surface area contributed by atoms with Crippen LogP contribution in [-0.2, 0) is 5.75 Å². The van der Waals surface area contributed by atoms with Crippen LogP contribution in [0, 0.1) is 0 Å². The topological polar surface area (TPSA) is 3.24 Å². The van der Waals surface area contributed by atoms with Crippen LogP contribution in [0.5, 0.6) is 0 Å². The minimum absolute atomic E-state index is 0. The van der Waals surface area contributed by atoms with E-state index in [0.717, 1.165) is 18.7 Å². The Hall–Kier alpha value is -1.22. The number of hydrogen-bond acceptors (Lipinski definition) is 2. The summed E-state index contributed by atoms with van der Waals surface area (Å²) in [7, 11) is 4.26. The van der Waals surface area contributed by atoms with Crippen molar-refractivity contribution in [2.24, 2.45) is 0 Å². The molecule has 0 N–H and O–H groups in total. The Balaban J connectivity index is 0.00000176. The van der Waals surface area contributed by atoms with Crippen LogP contribution in [-0.4, -0.2) is 25.5 Å². The summed E-state index contributed by atoms with van der Waals surface area (Å²) in [6, 6.07) is 17.6. The first-order valence-electron chi connectivity index (χ1n) is 7.41. The molecule has 22 heavy (non-hydrogen) atoms. The van der Waals surface area contributed by atoms with E-state index in [1.165, 1.54) is 27.2 Å². The molecule has 0 spiro atoms. The third-order valence-corrected chi connectivity index (χ3v) is 4.92. The van der Waals surface area contributed by atoms with E-state index in [2.05, 4.69) is 73.6 Å². The maximum absolute atomic E-state index is 2.41. The average molecular weight is 332 g/mol. The van der Waals surface area contributed by atoms with Gasteiger partial charge in [-0.05, 0) is 48.8 Å². The van der Waals surface area contributed by atoms with Gasteiger partial charge in [0, 0.05) is 17.2 Å². The fourth-order valence-corrected chi connectivity index (χ4v) is 3.78. The van der Waals surface area contributed by atoms with Gasteiger partial charge in [-0.3, -0.25) is 0 Å². The van der Waals surface area contributed by atoms with Crippen molar-refractivity contribution in [2.45, 2.75) is 17.1 Å². The molecule has 0 aliphatic carbocycles. The van der Waals surface area contributed by atoms with Gasteiger partial charge in [-0.2, -0.15) is 0 Å². The molecule has 2 aromatic rings. The van der Waals surface area contributed by atoms with Gasteiger partial charge in [0.25, 0.3) is 0 Å². The third-order valence-electron chi connectivity index (χ3n) is 3.79. The van der Waals surface area contributed by atoms with Crippen molar-refractivity contribution in [2.75, 3.05) is 20.6 Å². The summed E-state index contributed by atoms with van der Waals surface area (Å²) in [6.45, 7) is 1.08. The van der Waals surface area contributed by atoms with E-state index in [-0.39, 0.29) is 12.4 Å². The highest BCUT2D eigenvalue weighted by atomic mass is 35.5. The fourth-order valence-electron chi connectivity index (χ4n) is 2.71. The van der Waals surface area contributed by atoms with Gasteiger partial charge in [0.2, 0.25) is 0 Å². The van der Waals surface area contributed by atoms with Gasteiger partial charge in [0.1, 0.15) is 0 Å². The smallest absolute Gasteiger partial charge is 0.0238 e. The van der Waals surface area contributed by atoms with E-state index < -0.39 is 0 Å². The highest BCUT2D eigenvalue weighted by Gasteiger charge is 2.17. The van der Waals surface area contributed by atoms with E-state index in [1.54, 1.807) is 0 Å². The van der Waals surface area contributed by atoms with Gasteiger partial charge in [0.15, 0.2) is 0 Å². The second kappa shape index (κ2) is 7.87. The number of fused-ring (bicyclic) bond motifs is 2. The van der Waals surface area contributed by atoms with Crippen LogP contribution in [0.3, 0.4) is 0 Å². The quantitative estimate of drug-likeness (QED) is 0.770.